The lowest BCUT2D eigenvalue weighted by atomic mass is 10.1. The first-order chi connectivity index (χ1) is 16.1. The van der Waals surface area contributed by atoms with E-state index in [0.717, 1.165) is 29.3 Å². The number of carbonyl (C=O) groups is 1. The number of carboxylic acids is 1. The summed E-state index contributed by atoms with van der Waals surface area (Å²) < 4.78 is 45.1. The SMILES string of the molecule is CN(CCN)Cc1ccc(-c2ccc(-c3nc4ccc(F)cc4[nH]3)s2)cc1.O=C(O)C(F)(F)F. The maximum absolute atomic E-state index is 13.4. The quantitative estimate of drug-likeness (QED) is 0.324. The van der Waals surface area contributed by atoms with Crippen molar-refractivity contribution >= 4 is 28.3 Å². The summed E-state index contributed by atoms with van der Waals surface area (Å²) in [5.74, 6) is -2.25. The van der Waals surface area contributed by atoms with E-state index in [0.29, 0.717) is 12.1 Å². The largest absolute Gasteiger partial charge is 0.490 e. The lowest BCUT2D eigenvalue weighted by Crippen LogP contribution is -2.24. The number of aliphatic carboxylic acids is 1. The molecule has 2 heterocycles. The summed E-state index contributed by atoms with van der Waals surface area (Å²) in [4.78, 5) is 21.1. The van der Waals surface area contributed by atoms with Crippen LogP contribution in [0.5, 0.6) is 0 Å². The number of rotatable bonds is 6. The molecule has 0 saturated carbocycles. The smallest absolute Gasteiger partial charge is 0.475 e. The number of imidazole rings is 1. The van der Waals surface area contributed by atoms with Gasteiger partial charge in [-0.25, -0.2) is 14.2 Å². The van der Waals surface area contributed by atoms with Gasteiger partial charge in [-0.1, -0.05) is 24.3 Å². The average molecular weight is 495 g/mol. The third-order valence-corrected chi connectivity index (χ3v) is 5.87. The standard InChI is InChI=1S/C21H21FN4S.C2HF3O2/c1-26(11-10-23)13-14-2-4-15(5-3-14)19-8-9-20(27-19)21-24-17-7-6-16(22)12-18(17)25-21;3-2(4,5)1(6)7/h2-9,12H,10-11,13,23H2,1H3,(H,24,25);(H,6,7). The van der Waals surface area contributed by atoms with Crippen LogP contribution in [-0.2, 0) is 11.3 Å². The summed E-state index contributed by atoms with van der Waals surface area (Å²) >= 11 is 1.67. The Morgan fingerprint density at radius 2 is 1.76 bits per heavy atom. The Morgan fingerprint density at radius 1 is 1.12 bits per heavy atom. The van der Waals surface area contributed by atoms with E-state index in [1.165, 1.54) is 28.1 Å². The molecule has 6 nitrogen and oxygen atoms in total. The van der Waals surface area contributed by atoms with Crippen molar-refractivity contribution in [3.05, 3.63) is 66.0 Å². The van der Waals surface area contributed by atoms with E-state index in [1.807, 2.05) is 0 Å². The number of likely N-dealkylation sites (N-methyl/N-ethyl adjacent to an activating group) is 1. The molecule has 0 spiro atoms. The normalized spacial score (nSPS) is 11.5. The molecule has 0 aliphatic carbocycles. The number of nitrogens with one attached hydrogen (secondary N) is 1. The van der Waals surface area contributed by atoms with Gasteiger partial charge in [-0.3, -0.25) is 0 Å². The number of nitrogens with two attached hydrogens (primary N) is 1. The molecule has 4 aromatic rings. The molecule has 0 fully saturated rings. The molecule has 180 valence electrons. The van der Waals surface area contributed by atoms with Gasteiger partial charge in [0.25, 0.3) is 0 Å². The molecule has 2 aromatic carbocycles. The van der Waals surface area contributed by atoms with Crippen LogP contribution in [0, 0.1) is 5.82 Å². The second-order valence-corrected chi connectivity index (χ2v) is 8.52. The molecule has 2 aromatic heterocycles. The molecule has 0 aliphatic heterocycles. The molecule has 0 amide bonds. The van der Waals surface area contributed by atoms with Crippen molar-refractivity contribution in [2.45, 2.75) is 12.7 Å². The molecular formula is C23H22F4N4O2S. The van der Waals surface area contributed by atoms with E-state index < -0.39 is 12.1 Å². The second kappa shape index (κ2) is 10.8. The zero-order chi connectivity index (χ0) is 24.9. The van der Waals surface area contributed by atoms with Crippen molar-refractivity contribution in [1.29, 1.82) is 0 Å². The molecule has 0 saturated heterocycles. The predicted octanol–water partition coefficient (Wildman–Crippen LogP) is 5.12. The van der Waals surface area contributed by atoms with E-state index in [9.17, 15) is 17.6 Å². The minimum absolute atomic E-state index is 0.262. The van der Waals surface area contributed by atoms with Gasteiger partial charge < -0.3 is 20.7 Å². The third-order valence-electron chi connectivity index (χ3n) is 4.73. The van der Waals surface area contributed by atoms with Crippen LogP contribution in [-0.4, -0.2) is 52.3 Å². The lowest BCUT2D eigenvalue weighted by Gasteiger charge is -2.15. The number of H-pyrrole nitrogens is 1. The Bertz CT molecular complexity index is 1250. The monoisotopic (exact) mass is 494 g/mol. The fourth-order valence-electron chi connectivity index (χ4n) is 3.10. The topological polar surface area (TPSA) is 95.2 Å². The fourth-order valence-corrected chi connectivity index (χ4v) is 4.06. The van der Waals surface area contributed by atoms with Gasteiger partial charge in [0.2, 0.25) is 0 Å². The number of fused-ring (bicyclic) bond motifs is 1. The van der Waals surface area contributed by atoms with Crippen LogP contribution in [0.1, 0.15) is 5.56 Å². The predicted molar refractivity (Wildman–Crippen MR) is 124 cm³/mol. The van der Waals surface area contributed by atoms with Gasteiger partial charge in [-0.15, -0.1) is 11.3 Å². The number of halogens is 4. The first kappa shape index (κ1) is 25.3. The van der Waals surface area contributed by atoms with Crippen molar-refractivity contribution in [2.24, 2.45) is 5.73 Å². The highest BCUT2D eigenvalue weighted by Crippen LogP contribution is 2.34. The lowest BCUT2D eigenvalue weighted by molar-refractivity contribution is -0.192. The Kier molecular flexibility index (Phi) is 8.02. The number of alkyl halides is 3. The van der Waals surface area contributed by atoms with E-state index in [-0.39, 0.29) is 5.82 Å². The third kappa shape index (κ3) is 6.62. The summed E-state index contributed by atoms with van der Waals surface area (Å²) in [7, 11) is 2.07. The minimum atomic E-state index is -5.08. The van der Waals surface area contributed by atoms with Gasteiger partial charge >= 0.3 is 12.1 Å². The van der Waals surface area contributed by atoms with Crippen molar-refractivity contribution in [3.8, 4) is 21.1 Å². The zero-order valence-electron chi connectivity index (χ0n) is 18.1. The number of benzene rings is 2. The van der Waals surface area contributed by atoms with Gasteiger partial charge in [-0.2, -0.15) is 13.2 Å². The Labute approximate surface area is 196 Å². The number of hydrogen-bond acceptors (Lipinski definition) is 5. The van der Waals surface area contributed by atoms with E-state index in [4.69, 9.17) is 15.6 Å². The van der Waals surface area contributed by atoms with Crippen LogP contribution in [0.3, 0.4) is 0 Å². The molecule has 0 bridgehead atoms. The molecule has 4 N–H and O–H groups in total. The molecule has 4 rings (SSSR count). The Balaban J connectivity index is 0.000000406. The highest BCUT2D eigenvalue weighted by molar-refractivity contribution is 7.18. The Morgan fingerprint density at radius 3 is 2.38 bits per heavy atom. The highest BCUT2D eigenvalue weighted by Gasteiger charge is 2.38. The number of aromatic amines is 1. The van der Waals surface area contributed by atoms with Crippen molar-refractivity contribution in [1.82, 2.24) is 14.9 Å². The van der Waals surface area contributed by atoms with Crippen LogP contribution < -0.4 is 5.73 Å². The summed E-state index contributed by atoms with van der Waals surface area (Å²) in [6.45, 7) is 2.45. The van der Waals surface area contributed by atoms with Crippen molar-refractivity contribution < 1.29 is 27.5 Å². The van der Waals surface area contributed by atoms with E-state index in [2.05, 4.69) is 58.3 Å². The summed E-state index contributed by atoms with van der Waals surface area (Å²) in [6.07, 6.45) is -5.08. The fraction of sp³-hybridized carbons (Fsp3) is 0.217. The van der Waals surface area contributed by atoms with Crippen LogP contribution in [0.4, 0.5) is 17.6 Å². The number of hydrogen-bond donors (Lipinski definition) is 3. The molecular weight excluding hydrogens is 472 g/mol. The van der Waals surface area contributed by atoms with Gasteiger partial charge in [0.1, 0.15) is 11.6 Å². The van der Waals surface area contributed by atoms with Crippen LogP contribution >= 0.6 is 11.3 Å². The molecule has 0 radical (unpaired) electrons. The molecule has 0 aliphatic rings. The van der Waals surface area contributed by atoms with Crippen LogP contribution in [0.25, 0.3) is 32.2 Å². The van der Waals surface area contributed by atoms with E-state index in [1.54, 1.807) is 17.4 Å². The maximum atomic E-state index is 13.4. The first-order valence-electron chi connectivity index (χ1n) is 10.1. The minimum Gasteiger partial charge on any atom is -0.475 e. The number of carboxylic acid groups (broad SMARTS) is 1. The van der Waals surface area contributed by atoms with E-state index >= 15 is 0 Å². The average Bonchev–Trinajstić information content (AvgIpc) is 3.41. The first-order valence-corrected chi connectivity index (χ1v) is 10.9. The number of thiophene rings is 1. The van der Waals surface area contributed by atoms with Crippen molar-refractivity contribution in [3.63, 3.8) is 0 Å². The second-order valence-electron chi connectivity index (χ2n) is 7.44. The highest BCUT2D eigenvalue weighted by atomic mass is 32.1. The summed E-state index contributed by atoms with van der Waals surface area (Å²) in [5, 5.41) is 7.12. The molecule has 34 heavy (non-hydrogen) atoms. The maximum Gasteiger partial charge on any atom is 0.490 e. The van der Waals surface area contributed by atoms with Gasteiger partial charge in [0.15, 0.2) is 0 Å². The molecule has 11 heteroatoms. The van der Waals surface area contributed by atoms with Crippen LogP contribution in [0.2, 0.25) is 0 Å². The van der Waals surface area contributed by atoms with Gasteiger partial charge in [0.05, 0.1) is 15.9 Å². The number of aromatic nitrogens is 2. The van der Waals surface area contributed by atoms with Crippen molar-refractivity contribution in [2.75, 3.05) is 20.1 Å². The molecule has 0 atom stereocenters. The van der Waals surface area contributed by atoms with Gasteiger partial charge in [-0.05, 0) is 48.5 Å². The summed E-state index contributed by atoms with van der Waals surface area (Å²) in [5.41, 5.74) is 9.53. The van der Waals surface area contributed by atoms with Crippen LogP contribution in [0.15, 0.2) is 54.6 Å². The zero-order valence-corrected chi connectivity index (χ0v) is 18.9. The Hall–Kier alpha value is -3.28. The molecule has 0 unspecified atom stereocenters. The summed E-state index contributed by atoms with van der Waals surface area (Å²) in [6, 6.07) is 17.4. The van der Waals surface area contributed by atoms with Gasteiger partial charge in [0, 0.05) is 24.5 Å². The number of nitrogens with zero attached hydrogens (tertiary/aromatic N) is 2.